The lowest BCUT2D eigenvalue weighted by Crippen LogP contribution is -2.36. The maximum Gasteiger partial charge on any atom is 0.156 e. The summed E-state index contributed by atoms with van der Waals surface area (Å²) in [5, 5.41) is 4.82. The topological polar surface area (TPSA) is 45.9 Å². The van der Waals surface area contributed by atoms with Gasteiger partial charge in [0, 0.05) is 32.1 Å². The van der Waals surface area contributed by atoms with E-state index < -0.39 is 0 Å². The zero-order valence-corrected chi connectivity index (χ0v) is 16.5. The van der Waals surface area contributed by atoms with Crippen molar-refractivity contribution in [3.8, 4) is 0 Å². The van der Waals surface area contributed by atoms with Crippen molar-refractivity contribution in [1.82, 2.24) is 19.5 Å². The zero-order chi connectivity index (χ0) is 19.6. The van der Waals surface area contributed by atoms with Gasteiger partial charge < -0.3 is 9.64 Å². The Morgan fingerprint density at radius 3 is 2.69 bits per heavy atom. The summed E-state index contributed by atoms with van der Waals surface area (Å²) in [5.74, 6) is 1.07. The number of halogens is 1. The number of anilines is 1. The van der Waals surface area contributed by atoms with Crippen LogP contribution in [0.15, 0.2) is 42.6 Å². The molecule has 2 aromatic heterocycles. The molecule has 2 aliphatic rings. The van der Waals surface area contributed by atoms with Crippen LogP contribution in [0.5, 0.6) is 0 Å². The van der Waals surface area contributed by atoms with Gasteiger partial charge in [0.05, 0.1) is 25.1 Å². The first kappa shape index (κ1) is 18.5. The summed E-state index contributed by atoms with van der Waals surface area (Å²) in [6.45, 7) is 6.19. The number of benzene rings is 1. The van der Waals surface area contributed by atoms with Gasteiger partial charge in [-0.25, -0.2) is 13.9 Å². The molecule has 6 nitrogen and oxygen atoms in total. The molecular weight excluding hydrogens is 369 g/mol. The predicted molar refractivity (Wildman–Crippen MR) is 110 cm³/mol. The van der Waals surface area contributed by atoms with Gasteiger partial charge in [0.15, 0.2) is 11.5 Å². The van der Waals surface area contributed by atoms with Crippen molar-refractivity contribution >= 4 is 11.3 Å². The quantitative estimate of drug-likeness (QED) is 0.679. The molecule has 2 saturated heterocycles. The molecule has 29 heavy (non-hydrogen) atoms. The van der Waals surface area contributed by atoms with E-state index in [0.717, 1.165) is 75.8 Å². The number of aromatic nitrogens is 3. The molecule has 0 bridgehead atoms. The Kier molecular flexibility index (Phi) is 5.16. The molecule has 0 spiro atoms. The maximum absolute atomic E-state index is 13.2. The van der Waals surface area contributed by atoms with Crippen LogP contribution in [0, 0.1) is 5.82 Å². The SMILES string of the molecule is Fc1ccc(CN2CCC[C@@H](c3nc4ccc(N5CCOCC5)cn4n3)C2)cc1. The Hall–Kier alpha value is -2.51. The molecule has 0 radical (unpaired) electrons. The average Bonchev–Trinajstić information content (AvgIpc) is 3.20. The molecule has 7 heteroatoms. The van der Waals surface area contributed by atoms with Gasteiger partial charge in [0.1, 0.15) is 5.82 Å². The van der Waals surface area contributed by atoms with Crippen LogP contribution < -0.4 is 4.90 Å². The number of ether oxygens (including phenoxy) is 1. The Labute approximate surface area is 169 Å². The number of rotatable bonds is 4. The van der Waals surface area contributed by atoms with Gasteiger partial charge >= 0.3 is 0 Å². The van der Waals surface area contributed by atoms with Crippen LogP contribution in [-0.2, 0) is 11.3 Å². The number of pyridine rings is 1. The summed E-state index contributed by atoms with van der Waals surface area (Å²) in [6, 6.07) is 11.0. The van der Waals surface area contributed by atoms with E-state index in [2.05, 4.69) is 28.1 Å². The fourth-order valence-electron chi connectivity index (χ4n) is 4.33. The van der Waals surface area contributed by atoms with Crippen molar-refractivity contribution in [2.45, 2.75) is 25.3 Å². The normalized spacial score (nSPS) is 21.0. The highest BCUT2D eigenvalue weighted by molar-refractivity contribution is 5.51. The molecule has 5 rings (SSSR count). The van der Waals surface area contributed by atoms with Crippen molar-refractivity contribution in [2.24, 2.45) is 0 Å². The molecule has 4 heterocycles. The van der Waals surface area contributed by atoms with Gasteiger partial charge in [-0.2, -0.15) is 5.10 Å². The summed E-state index contributed by atoms with van der Waals surface area (Å²) < 4.78 is 20.5. The number of piperidine rings is 1. The fourth-order valence-corrected chi connectivity index (χ4v) is 4.33. The molecule has 152 valence electrons. The Balaban J connectivity index is 1.30. The van der Waals surface area contributed by atoms with Crippen molar-refractivity contribution < 1.29 is 9.13 Å². The number of hydrogen-bond acceptors (Lipinski definition) is 5. The second-order valence-electron chi connectivity index (χ2n) is 7.96. The molecule has 0 saturated carbocycles. The Morgan fingerprint density at radius 1 is 1.03 bits per heavy atom. The minimum atomic E-state index is -0.185. The van der Waals surface area contributed by atoms with Crippen molar-refractivity contribution in [2.75, 3.05) is 44.3 Å². The number of nitrogens with zero attached hydrogens (tertiary/aromatic N) is 5. The Morgan fingerprint density at radius 2 is 1.86 bits per heavy atom. The van der Waals surface area contributed by atoms with Crippen LogP contribution in [0.3, 0.4) is 0 Å². The van der Waals surface area contributed by atoms with Gasteiger partial charge in [0.2, 0.25) is 0 Å². The van der Waals surface area contributed by atoms with E-state index >= 15 is 0 Å². The fraction of sp³-hybridized carbons (Fsp3) is 0.455. The molecule has 1 aromatic carbocycles. The van der Waals surface area contributed by atoms with Gasteiger partial charge in [0.25, 0.3) is 0 Å². The Bertz CT molecular complexity index is 967. The number of likely N-dealkylation sites (tertiary alicyclic amines) is 1. The second kappa shape index (κ2) is 8.08. The summed E-state index contributed by atoms with van der Waals surface area (Å²) in [5.41, 5.74) is 3.21. The lowest BCUT2D eigenvalue weighted by atomic mass is 9.97. The largest absolute Gasteiger partial charge is 0.378 e. The minimum absolute atomic E-state index is 0.185. The first-order valence-corrected chi connectivity index (χ1v) is 10.4. The molecule has 2 fully saturated rings. The van der Waals surface area contributed by atoms with E-state index in [9.17, 15) is 4.39 Å². The van der Waals surface area contributed by atoms with Crippen LogP contribution in [0.25, 0.3) is 5.65 Å². The first-order valence-electron chi connectivity index (χ1n) is 10.4. The maximum atomic E-state index is 13.2. The number of morpholine rings is 1. The first-order chi connectivity index (χ1) is 14.2. The van der Waals surface area contributed by atoms with Crippen molar-refractivity contribution in [3.05, 3.63) is 59.8 Å². The smallest absolute Gasteiger partial charge is 0.156 e. The standard InChI is InChI=1S/C22H26FN5O/c23-19-5-3-17(4-6-19)14-26-9-1-2-18(15-26)22-24-21-8-7-20(16-28(21)25-22)27-10-12-29-13-11-27/h3-8,16,18H,1-2,9-15H2/t18-/m1/s1. The van der Waals surface area contributed by atoms with Crippen molar-refractivity contribution in [3.63, 3.8) is 0 Å². The molecule has 0 unspecified atom stereocenters. The van der Waals surface area contributed by atoms with Gasteiger partial charge in [-0.15, -0.1) is 0 Å². The highest BCUT2D eigenvalue weighted by Crippen LogP contribution is 2.27. The third kappa shape index (κ3) is 4.11. The van der Waals surface area contributed by atoms with Crippen LogP contribution in [0.2, 0.25) is 0 Å². The second-order valence-corrected chi connectivity index (χ2v) is 7.96. The van der Waals surface area contributed by atoms with E-state index in [1.165, 1.54) is 17.8 Å². The van der Waals surface area contributed by atoms with Crippen LogP contribution >= 0.6 is 0 Å². The predicted octanol–water partition coefficient (Wildman–Crippen LogP) is 3.08. The summed E-state index contributed by atoms with van der Waals surface area (Å²) in [4.78, 5) is 9.56. The summed E-state index contributed by atoms with van der Waals surface area (Å²) in [6.07, 6.45) is 4.31. The van der Waals surface area contributed by atoms with E-state index in [1.807, 2.05) is 16.6 Å². The zero-order valence-electron chi connectivity index (χ0n) is 16.5. The van der Waals surface area contributed by atoms with Crippen LogP contribution in [-0.4, -0.2) is 58.9 Å². The van der Waals surface area contributed by atoms with Crippen molar-refractivity contribution in [1.29, 1.82) is 0 Å². The molecule has 2 aliphatic heterocycles. The van der Waals surface area contributed by atoms with Gasteiger partial charge in [-0.1, -0.05) is 12.1 Å². The third-order valence-corrected chi connectivity index (χ3v) is 5.90. The monoisotopic (exact) mass is 395 g/mol. The average molecular weight is 395 g/mol. The molecule has 0 amide bonds. The van der Waals surface area contributed by atoms with Crippen LogP contribution in [0.4, 0.5) is 10.1 Å². The highest BCUT2D eigenvalue weighted by atomic mass is 19.1. The van der Waals surface area contributed by atoms with Gasteiger partial charge in [-0.3, -0.25) is 4.90 Å². The third-order valence-electron chi connectivity index (χ3n) is 5.90. The molecule has 0 N–H and O–H groups in total. The van der Waals surface area contributed by atoms with E-state index in [-0.39, 0.29) is 5.82 Å². The van der Waals surface area contributed by atoms with E-state index in [0.29, 0.717) is 5.92 Å². The molecule has 1 atom stereocenters. The lowest BCUT2D eigenvalue weighted by Gasteiger charge is -2.31. The van der Waals surface area contributed by atoms with Crippen LogP contribution in [0.1, 0.15) is 30.1 Å². The molecule has 0 aliphatic carbocycles. The summed E-state index contributed by atoms with van der Waals surface area (Å²) in [7, 11) is 0. The molecular formula is C22H26FN5O. The molecule has 3 aromatic rings. The van der Waals surface area contributed by atoms with Gasteiger partial charge in [-0.05, 0) is 49.2 Å². The summed E-state index contributed by atoms with van der Waals surface area (Å²) >= 11 is 0. The van der Waals surface area contributed by atoms with E-state index in [4.69, 9.17) is 14.8 Å². The number of hydrogen-bond donors (Lipinski definition) is 0. The van der Waals surface area contributed by atoms with E-state index in [1.54, 1.807) is 0 Å². The number of fused-ring (bicyclic) bond motifs is 1. The minimum Gasteiger partial charge on any atom is -0.378 e. The lowest BCUT2D eigenvalue weighted by molar-refractivity contribution is 0.122. The highest BCUT2D eigenvalue weighted by Gasteiger charge is 2.25.